The number of rotatable bonds is 5. The second-order valence-electron chi connectivity index (χ2n) is 7.37. The van der Waals surface area contributed by atoms with Gasteiger partial charge in [-0.25, -0.2) is 13.4 Å². The SMILES string of the molecule is O=C(Nc1ccc(-c2nccs2)cc1)C1Cc2ccccc2CN1S(=O)(=O)c1cccs1. The molecule has 0 saturated heterocycles. The molecule has 1 amide bonds. The lowest BCUT2D eigenvalue weighted by Gasteiger charge is -2.34. The van der Waals surface area contributed by atoms with Gasteiger partial charge in [0.25, 0.3) is 10.0 Å². The highest BCUT2D eigenvalue weighted by molar-refractivity contribution is 7.91. The Kier molecular flexibility index (Phi) is 5.64. The van der Waals surface area contributed by atoms with E-state index < -0.39 is 16.1 Å². The first-order chi connectivity index (χ1) is 15.5. The molecule has 2 aromatic carbocycles. The van der Waals surface area contributed by atoms with Crippen molar-refractivity contribution in [2.45, 2.75) is 23.2 Å². The number of nitrogens with one attached hydrogen (secondary N) is 1. The van der Waals surface area contributed by atoms with Gasteiger partial charge in [0, 0.05) is 29.4 Å². The minimum atomic E-state index is -3.80. The molecular weight excluding hydrogens is 462 g/mol. The summed E-state index contributed by atoms with van der Waals surface area (Å²) in [5.41, 5.74) is 3.49. The van der Waals surface area contributed by atoms with E-state index in [-0.39, 0.29) is 16.7 Å². The van der Waals surface area contributed by atoms with Crippen molar-refractivity contribution < 1.29 is 13.2 Å². The molecule has 2 aromatic heterocycles. The Bertz CT molecular complexity index is 1330. The van der Waals surface area contributed by atoms with Crippen molar-refractivity contribution in [1.29, 1.82) is 0 Å². The van der Waals surface area contributed by atoms with Crippen LogP contribution in [0.1, 0.15) is 11.1 Å². The summed E-state index contributed by atoms with van der Waals surface area (Å²) in [6, 6.07) is 17.5. The summed E-state index contributed by atoms with van der Waals surface area (Å²) in [5, 5.41) is 7.44. The molecule has 1 aliphatic heterocycles. The Morgan fingerprint density at radius 2 is 1.75 bits per heavy atom. The number of amides is 1. The summed E-state index contributed by atoms with van der Waals surface area (Å²) < 4.78 is 28.3. The average molecular weight is 482 g/mol. The van der Waals surface area contributed by atoms with Gasteiger partial charge in [-0.05, 0) is 53.3 Å². The van der Waals surface area contributed by atoms with E-state index >= 15 is 0 Å². The number of hydrogen-bond donors (Lipinski definition) is 1. The monoisotopic (exact) mass is 481 g/mol. The number of fused-ring (bicyclic) bond motifs is 1. The number of sulfonamides is 1. The highest BCUT2D eigenvalue weighted by Gasteiger charge is 2.40. The highest BCUT2D eigenvalue weighted by Crippen LogP contribution is 2.31. The Morgan fingerprint density at radius 1 is 0.969 bits per heavy atom. The molecule has 1 aliphatic rings. The lowest BCUT2D eigenvalue weighted by atomic mass is 9.95. The zero-order valence-electron chi connectivity index (χ0n) is 16.8. The summed E-state index contributed by atoms with van der Waals surface area (Å²) in [7, 11) is -3.80. The number of carbonyl (C=O) groups is 1. The third kappa shape index (κ3) is 4.00. The van der Waals surface area contributed by atoms with E-state index in [1.54, 1.807) is 35.0 Å². The molecule has 5 rings (SSSR count). The summed E-state index contributed by atoms with van der Waals surface area (Å²) in [4.78, 5) is 17.6. The molecule has 0 spiro atoms. The van der Waals surface area contributed by atoms with Crippen LogP contribution < -0.4 is 5.32 Å². The minimum absolute atomic E-state index is 0.164. The first kappa shape index (κ1) is 21.0. The topological polar surface area (TPSA) is 79.4 Å². The lowest BCUT2D eigenvalue weighted by molar-refractivity contribution is -0.120. The predicted octanol–water partition coefficient (Wildman–Crippen LogP) is 4.63. The van der Waals surface area contributed by atoms with E-state index in [0.717, 1.165) is 33.0 Å². The van der Waals surface area contributed by atoms with Crippen LogP contribution in [-0.2, 0) is 27.8 Å². The Hall–Kier alpha value is -2.85. The van der Waals surface area contributed by atoms with Crippen molar-refractivity contribution in [3.8, 4) is 10.6 Å². The first-order valence-electron chi connectivity index (χ1n) is 9.95. The van der Waals surface area contributed by atoms with Crippen LogP contribution in [0.2, 0.25) is 0 Å². The van der Waals surface area contributed by atoms with E-state index in [2.05, 4.69) is 10.3 Å². The molecule has 0 bridgehead atoms. The smallest absolute Gasteiger partial charge is 0.253 e. The van der Waals surface area contributed by atoms with E-state index in [1.807, 2.05) is 53.9 Å². The van der Waals surface area contributed by atoms with Crippen LogP contribution in [0.4, 0.5) is 5.69 Å². The summed E-state index contributed by atoms with van der Waals surface area (Å²) >= 11 is 2.70. The van der Waals surface area contributed by atoms with Gasteiger partial charge in [-0.15, -0.1) is 22.7 Å². The molecule has 3 heterocycles. The molecule has 1 N–H and O–H groups in total. The normalized spacial score (nSPS) is 16.4. The maximum atomic E-state index is 13.4. The average Bonchev–Trinajstić information content (AvgIpc) is 3.53. The fourth-order valence-corrected chi connectivity index (χ4v) is 7.12. The van der Waals surface area contributed by atoms with Crippen LogP contribution in [0.15, 0.2) is 81.8 Å². The van der Waals surface area contributed by atoms with Crippen molar-refractivity contribution in [2.24, 2.45) is 0 Å². The first-order valence-corrected chi connectivity index (χ1v) is 13.2. The van der Waals surface area contributed by atoms with Gasteiger partial charge in [-0.1, -0.05) is 30.3 Å². The largest absolute Gasteiger partial charge is 0.325 e. The summed E-state index contributed by atoms with van der Waals surface area (Å²) in [6.07, 6.45) is 2.07. The van der Waals surface area contributed by atoms with Gasteiger partial charge in [-0.2, -0.15) is 4.31 Å². The number of nitrogens with zero attached hydrogens (tertiary/aromatic N) is 2. The molecular formula is C23H19N3O3S3. The molecule has 32 heavy (non-hydrogen) atoms. The van der Waals surface area contributed by atoms with E-state index in [4.69, 9.17) is 0 Å². The van der Waals surface area contributed by atoms with Crippen molar-refractivity contribution in [3.05, 3.63) is 88.7 Å². The fourth-order valence-electron chi connectivity index (χ4n) is 3.79. The molecule has 6 nitrogen and oxygen atoms in total. The molecule has 9 heteroatoms. The zero-order chi connectivity index (χ0) is 22.1. The second-order valence-corrected chi connectivity index (χ2v) is 11.3. The van der Waals surface area contributed by atoms with Gasteiger partial charge >= 0.3 is 0 Å². The van der Waals surface area contributed by atoms with Gasteiger partial charge in [0.15, 0.2) is 0 Å². The Labute approximate surface area is 194 Å². The summed E-state index contributed by atoms with van der Waals surface area (Å²) in [5.74, 6) is -0.346. The quantitative estimate of drug-likeness (QED) is 0.451. The van der Waals surface area contributed by atoms with Gasteiger partial charge < -0.3 is 5.32 Å². The predicted molar refractivity (Wildman–Crippen MR) is 127 cm³/mol. The Balaban J connectivity index is 1.43. The van der Waals surface area contributed by atoms with E-state index in [9.17, 15) is 13.2 Å². The lowest BCUT2D eigenvalue weighted by Crippen LogP contribution is -2.50. The van der Waals surface area contributed by atoms with Gasteiger partial charge in [-0.3, -0.25) is 4.79 Å². The molecule has 0 fully saturated rings. The molecule has 0 saturated carbocycles. The summed E-state index contributed by atoms with van der Waals surface area (Å²) in [6.45, 7) is 0.164. The number of thiophene rings is 1. The molecule has 0 radical (unpaired) electrons. The second kappa shape index (κ2) is 8.59. The number of aromatic nitrogens is 1. The maximum absolute atomic E-state index is 13.4. The van der Waals surface area contributed by atoms with Crippen LogP contribution >= 0.6 is 22.7 Å². The van der Waals surface area contributed by atoms with Crippen molar-refractivity contribution >= 4 is 44.3 Å². The van der Waals surface area contributed by atoms with E-state index in [1.165, 1.54) is 4.31 Å². The van der Waals surface area contributed by atoms with Crippen molar-refractivity contribution in [3.63, 3.8) is 0 Å². The highest BCUT2D eigenvalue weighted by atomic mass is 32.2. The van der Waals surface area contributed by atoms with Gasteiger partial charge in [0.1, 0.15) is 15.3 Å². The number of anilines is 1. The van der Waals surface area contributed by atoms with Gasteiger partial charge in [0.2, 0.25) is 5.91 Å². The van der Waals surface area contributed by atoms with Crippen LogP contribution in [0.25, 0.3) is 10.6 Å². The maximum Gasteiger partial charge on any atom is 0.253 e. The zero-order valence-corrected chi connectivity index (χ0v) is 19.3. The minimum Gasteiger partial charge on any atom is -0.325 e. The molecule has 1 unspecified atom stereocenters. The van der Waals surface area contributed by atoms with Gasteiger partial charge in [0.05, 0.1) is 0 Å². The number of carbonyl (C=O) groups excluding carboxylic acids is 1. The van der Waals surface area contributed by atoms with Crippen LogP contribution in [0.5, 0.6) is 0 Å². The number of thiazole rings is 1. The van der Waals surface area contributed by atoms with Crippen molar-refractivity contribution in [2.75, 3.05) is 5.32 Å². The number of hydrogen-bond acceptors (Lipinski definition) is 6. The standard InChI is InChI=1S/C23H19N3O3S3/c27-22(25-19-9-7-16(8-10-19)23-24-11-13-31-23)20-14-17-4-1-2-5-18(17)15-26(20)32(28,29)21-6-3-12-30-21/h1-13,20H,14-15H2,(H,25,27). The van der Waals surface area contributed by atoms with Crippen LogP contribution in [-0.4, -0.2) is 29.7 Å². The molecule has 162 valence electrons. The third-order valence-electron chi connectivity index (χ3n) is 5.40. The Morgan fingerprint density at radius 3 is 2.44 bits per heavy atom. The third-order valence-corrected chi connectivity index (χ3v) is 9.45. The fraction of sp³-hybridized carbons (Fsp3) is 0.130. The van der Waals surface area contributed by atoms with E-state index in [0.29, 0.717) is 12.1 Å². The van der Waals surface area contributed by atoms with Crippen LogP contribution in [0.3, 0.4) is 0 Å². The molecule has 4 aromatic rings. The molecule has 0 aliphatic carbocycles. The van der Waals surface area contributed by atoms with Crippen molar-refractivity contribution in [1.82, 2.24) is 9.29 Å². The number of benzene rings is 2. The molecule has 1 atom stereocenters. The van der Waals surface area contributed by atoms with Crippen LogP contribution in [0, 0.1) is 0 Å².